The number of aromatic amines is 2. The van der Waals surface area contributed by atoms with Crippen molar-refractivity contribution in [3.8, 4) is 45.0 Å². The van der Waals surface area contributed by atoms with Crippen LogP contribution in [0.1, 0.15) is 13.8 Å². The molecule has 1 unspecified atom stereocenters. The number of aromatic nitrogens is 4. The van der Waals surface area contributed by atoms with Crippen molar-refractivity contribution >= 4 is 26.6 Å². The highest BCUT2D eigenvalue weighted by Crippen LogP contribution is 2.31. The quantitative estimate of drug-likeness (QED) is 0.165. The molecule has 10 heteroatoms. The largest absolute Gasteiger partial charge is 0.277 e. The summed E-state index contributed by atoms with van der Waals surface area (Å²) in [5.41, 5.74) is 6.93. The molecule has 8 nitrogen and oxygen atoms in total. The lowest BCUT2D eigenvalue weighted by Crippen LogP contribution is -2.23. The van der Waals surface area contributed by atoms with E-state index in [0.29, 0.717) is 17.8 Å². The zero-order chi connectivity index (χ0) is 27.4. The maximum Gasteiger partial charge on any atom is 0.240 e. The van der Waals surface area contributed by atoms with Crippen LogP contribution < -0.4 is 9.44 Å². The Morgan fingerprint density at radius 3 is 1.92 bits per heavy atom. The van der Waals surface area contributed by atoms with Crippen LogP contribution in [-0.2, 0) is 10.0 Å². The van der Waals surface area contributed by atoms with E-state index in [2.05, 4.69) is 60.8 Å². The Morgan fingerprint density at radius 1 is 0.744 bits per heavy atom. The van der Waals surface area contributed by atoms with Crippen molar-refractivity contribution in [1.82, 2.24) is 29.8 Å². The van der Waals surface area contributed by atoms with Crippen LogP contribution in [0.25, 0.3) is 45.0 Å². The van der Waals surface area contributed by atoms with Gasteiger partial charge in [-0.2, -0.15) is 10.2 Å². The Labute approximate surface area is 231 Å². The van der Waals surface area contributed by atoms with E-state index in [1.54, 1.807) is 25.1 Å². The van der Waals surface area contributed by atoms with E-state index in [0.717, 1.165) is 45.2 Å². The Hall–Kier alpha value is -3.83. The van der Waals surface area contributed by atoms with Crippen molar-refractivity contribution < 1.29 is 8.42 Å². The Kier molecular flexibility index (Phi) is 7.89. The van der Waals surface area contributed by atoms with Gasteiger partial charge in [0.25, 0.3) is 0 Å². The zero-order valence-electron chi connectivity index (χ0n) is 21.7. The van der Waals surface area contributed by atoms with Crippen LogP contribution in [0.2, 0.25) is 0 Å². The minimum Gasteiger partial charge on any atom is -0.277 e. The van der Waals surface area contributed by atoms with Crippen LogP contribution in [0, 0.1) is 0 Å². The Balaban J connectivity index is 1.40. The van der Waals surface area contributed by atoms with Gasteiger partial charge in [0.05, 0.1) is 27.7 Å². The topological polar surface area (TPSA) is 116 Å². The smallest absolute Gasteiger partial charge is 0.240 e. The van der Waals surface area contributed by atoms with E-state index in [4.69, 9.17) is 0 Å². The molecule has 0 saturated carbocycles. The fraction of sp³-hybridized carbons (Fsp3) is 0.138. The molecule has 0 radical (unpaired) electrons. The Bertz CT molecular complexity index is 1740. The lowest BCUT2D eigenvalue weighted by Gasteiger charge is -2.08. The number of nitrogens with zero attached hydrogens (tertiary/aromatic N) is 2. The molecule has 0 aliphatic rings. The molecule has 39 heavy (non-hydrogen) atoms. The number of sulfonamides is 1. The summed E-state index contributed by atoms with van der Waals surface area (Å²) in [6.45, 7) is 5.01. The van der Waals surface area contributed by atoms with Crippen molar-refractivity contribution in [3.63, 3.8) is 0 Å². The predicted molar refractivity (Wildman–Crippen MR) is 160 cm³/mol. The zero-order valence-corrected chi connectivity index (χ0v) is 23.4. The van der Waals surface area contributed by atoms with Gasteiger partial charge in [-0.25, -0.2) is 13.1 Å². The number of H-pyrrole nitrogens is 2. The maximum absolute atomic E-state index is 12.4. The highest BCUT2D eigenvalue weighted by atomic mass is 32.2. The third-order valence-electron chi connectivity index (χ3n) is 6.15. The van der Waals surface area contributed by atoms with Crippen LogP contribution in [0.5, 0.6) is 0 Å². The molecule has 5 aromatic rings. The number of benzene rings is 3. The van der Waals surface area contributed by atoms with E-state index in [1.807, 2.05) is 48.5 Å². The second-order valence-electron chi connectivity index (χ2n) is 8.86. The molecular formula is C29H30N6O2S2. The second-order valence-corrected chi connectivity index (χ2v) is 12.2. The van der Waals surface area contributed by atoms with E-state index in [9.17, 15) is 8.42 Å². The lowest BCUT2D eigenvalue weighted by molar-refractivity contribution is 0.584. The lowest BCUT2D eigenvalue weighted by atomic mass is 10.0. The van der Waals surface area contributed by atoms with Gasteiger partial charge in [0, 0.05) is 40.2 Å². The SMILES string of the molecule is C=S(NCC)c1cccc(-c2cc(-c3cccc(-c4cc(-c5cccc(S(=O)(=O)NCC)c5)n[nH]4)c3)[nH]n2)c1. The molecule has 0 fully saturated rings. The van der Waals surface area contributed by atoms with Gasteiger partial charge in [-0.3, -0.25) is 14.9 Å². The van der Waals surface area contributed by atoms with Gasteiger partial charge < -0.3 is 0 Å². The van der Waals surface area contributed by atoms with Crippen LogP contribution in [0.3, 0.4) is 0 Å². The summed E-state index contributed by atoms with van der Waals surface area (Å²) in [6.07, 6.45) is 0. The number of hydrogen-bond acceptors (Lipinski definition) is 5. The number of nitrogens with one attached hydrogen (secondary N) is 4. The fourth-order valence-corrected chi connectivity index (χ4v) is 6.37. The third-order valence-corrected chi connectivity index (χ3v) is 9.15. The molecule has 0 aliphatic carbocycles. The highest BCUT2D eigenvalue weighted by Gasteiger charge is 2.15. The van der Waals surface area contributed by atoms with E-state index >= 15 is 0 Å². The molecule has 4 N–H and O–H groups in total. The van der Waals surface area contributed by atoms with Crippen molar-refractivity contribution in [3.05, 3.63) is 84.9 Å². The van der Waals surface area contributed by atoms with Crippen LogP contribution in [0.15, 0.2) is 94.7 Å². The van der Waals surface area contributed by atoms with Gasteiger partial charge in [-0.15, -0.1) is 0 Å². The summed E-state index contributed by atoms with van der Waals surface area (Å²) >= 11 is 0. The first kappa shape index (κ1) is 26.8. The molecule has 0 amide bonds. The minimum absolute atomic E-state index is 0.210. The van der Waals surface area contributed by atoms with Gasteiger partial charge in [0.15, 0.2) is 0 Å². The molecule has 0 spiro atoms. The molecular weight excluding hydrogens is 528 g/mol. The third kappa shape index (κ3) is 5.94. The molecule has 5 rings (SSSR count). The molecule has 0 aliphatic heterocycles. The molecule has 1 atom stereocenters. The molecule has 0 saturated heterocycles. The maximum atomic E-state index is 12.4. The average molecular weight is 559 g/mol. The molecule has 3 aromatic carbocycles. The summed E-state index contributed by atoms with van der Waals surface area (Å²) in [4.78, 5) is 1.35. The van der Waals surface area contributed by atoms with Gasteiger partial charge in [0.2, 0.25) is 10.0 Å². The van der Waals surface area contributed by atoms with Crippen molar-refractivity contribution in [2.24, 2.45) is 0 Å². The number of rotatable bonds is 10. The summed E-state index contributed by atoms with van der Waals surface area (Å²) in [5.74, 6) is 4.22. The van der Waals surface area contributed by atoms with Gasteiger partial charge in [0.1, 0.15) is 0 Å². The number of hydrogen-bond donors (Lipinski definition) is 4. The van der Waals surface area contributed by atoms with Crippen LogP contribution in [-0.4, -0.2) is 47.8 Å². The summed E-state index contributed by atoms with van der Waals surface area (Å²) in [5, 5.41) is 15.3. The monoisotopic (exact) mass is 558 g/mol. The second kappa shape index (κ2) is 11.5. The molecule has 2 aromatic heterocycles. The minimum atomic E-state index is -3.55. The van der Waals surface area contributed by atoms with E-state index in [1.165, 1.54) is 0 Å². The van der Waals surface area contributed by atoms with Crippen molar-refractivity contribution in [1.29, 1.82) is 0 Å². The van der Waals surface area contributed by atoms with Gasteiger partial charge in [-0.05, 0) is 42.5 Å². The van der Waals surface area contributed by atoms with Gasteiger partial charge >= 0.3 is 0 Å². The first-order valence-corrected chi connectivity index (χ1v) is 15.5. The summed E-state index contributed by atoms with van der Waals surface area (Å²) in [7, 11) is -3.82. The normalized spacial score (nSPS) is 12.5. The molecule has 0 bridgehead atoms. The molecule has 200 valence electrons. The van der Waals surface area contributed by atoms with Crippen LogP contribution >= 0.6 is 10.7 Å². The predicted octanol–water partition coefficient (Wildman–Crippen LogP) is 5.68. The average Bonchev–Trinajstić information content (AvgIpc) is 3.65. The van der Waals surface area contributed by atoms with Crippen LogP contribution in [0.4, 0.5) is 0 Å². The fourth-order valence-electron chi connectivity index (χ4n) is 4.25. The van der Waals surface area contributed by atoms with Crippen molar-refractivity contribution in [2.45, 2.75) is 23.6 Å². The standard InChI is InChI=1S/C29H30N6O2S2/c1-4-30-38(3)24-13-7-11-22(16-24)28-18-26(32-34-28)20-9-6-10-21(15-20)27-19-29(35-33-27)23-12-8-14-25(17-23)39(36,37)31-5-2/h6-19,30-31H,3-5H2,1-2H3,(H,32,34)(H,33,35). The summed E-state index contributed by atoms with van der Waals surface area (Å²) in [6, 6.07) is 27.1. The first-order chi connectivity index (χ1) is 18.9. The van der Waals surface area contributed by atoms with E-state index in [-0.39, 0.29) is 15.6 Å². The van der Waals surface area contributed by atoms with Gasteiger partial charge in [-0.1, -0.05) is 72.9 Å². The highest BCUT2D eigenvalue weighted by molar-refractivity contribution is 8.12. The summed E-state index contributed by atoms with van der Waals surface area (Å²) < 4.78 is 30.7. The van der Waals surface area contributed by atoms with Crippen molar-refractivity contribution in [2.75, 3.05) is 13.1 Å². The first-order valence-electron chi connectivity index (χ1n) is 12.6. The Morgan fingerprint density at radius 2 is 1.31 bits per heavy atom. The van der Waals surface area contributed by atoms with E-state index < -0.39 is 10.0 Å². The molecule has 2 heterocycles.